The van der Waals surface area contributed by atoms with Crippen molar-refractivity contribution in [1.82, 2.24) is 0 Å². The average molecular weight is 335 g/mol. The molecule has 0 heterocycles. The number of alkyl halides is 1. The second kappa shape index (κ2) is 12.6. The quantitative estimate of drug-likeness (QED) is 0.419. The standard InChI is InChI=1S/C10H21Cl.C10H22O/c2*1-5-10(4,11)8-6-7-9(2)3/h9H,5-8H2,1-4H3;9,11H,5-8H2,1-4H3. The lowest BCUT2D eigenvalue weighted by atomic mass is 9.94. The van der Waals surface area contributed by atoms with Crippen molar-refractivity contribution >= 4 is 11.6 Å². The highest BCUT2D eigenvalue weighted by molar-refractivity contribution is 6.23. The molecule has 0 aliphatic carbocycles. The fourth-order valence-electron chi connectivity index (χ4n) is 2.12. The molecule has 0 spiro atoms. The molecule has 0 rings (SSSR count). The molecule has 0 aliphatic rings. The van der Waals surface area contributed by atoms with Crippen molar-refractivity contribution in [3.05, 3.63) is 0 Å². The third-order valence-electron chi connectivity index (χ3n) is 4.48. The van der Waals surface area contributed by atoms with E-state index in [1.165, 1.54) is 19.3 Å². The Kier molecular flexibility index (Phi) is 14.1. The molecule has 2 heteroatoms. The average Bonchev–Trinajstić information content (AvgIpc) is 2.38. The molecule has 0 saturated carbocycles. The van der Waals surface area contributed by atoms with Gasteiger partial charge in [-0.05, 0) is 51.4 Å². The summed E-state index contributed by atoms with van der Waals surface area (Å²) in [5.74, 6) is 1.59. The van der Waals surface area contributed by atoms with E-state index in [-0.39, 0.29) is 4.87 Å². The smallest absolute Gasteiger partial charge is 0.0617 e. The zero-order valence-electron chi connectivity index (χ0n) is 16.6. The molecular weight excluding hydrogens is 292 g/mol. The summed E-state index contributed by atoms with van der Waals surface area (Å²) in [6.07, 6.45) is 9.01. The van der Waals surface area contributed by atoms with Crippen LogP contribution < -0.4 is 0 Å². The van der Waals surface area contributed by atoms with Crippen molar-refractivity contribution in [2.24, 2.45) is 11.8 Å². The van der Waals surface area contributed by atoms with Gasteiger partial charge in [0.05, 0.1) is 5.60 Å². The lowest BCUT2D eigenvalue weighted by molar-refractivity contribution is 0.0435. The third kappa shape index (κ3) is 18.3. The van der Waals surface area contributed by atoms with Gasteiger partial charge in [0.1, 0.15) is 0 Å². The van der Waals surface area contributed by atoms with Gasteiger partial charge in [0.2, 0.25) is 0 Å². The number of halogens is 1. The van der Waals surface area contributed by atoms with E-state index >= 15 is 0 Å². The molecule has 0 aromatic heterocycles. The maximum atomic E-state index is 9.64. The first kappa shape index (κ1) is 24.5. The molecule has 0 aromatic carbocycles. The fourth-order valence-corrected chi connectivity index (χ4v) is 2.26. The molecule has 0 fully saturated rings. The molecule has 0 aromatic rings. The lowest BCUT2D eigenvalue weighted by Gasteiger charge is -2.21. The van der Waals surface area contributed by atoms with Crippen LogP contribution in [0.3, 0.4) is 0 Å². The third-order valence-corrected chi connectivity index (χ3v) is 4.93. The zero-order valence-corrected chi connectivity index (χ0v) is 17.4. The highest BCUT2D eigenvalue weighted by Gasteiger charge is 2.17. The van der Waals surface area contributed by atoms with Crippen LogP contribution >= 0.6 is 11.6 Å². The van der Waals surface area contributed by atoms with Gasteiger partial charge in [0, 0.05) is 4.87 Å². The Morgan fingerprint density at radius 1 is 0.818 bits per heavy atom. The van der Waals surface area contributed by atoms with Crippen molar-refractivity contribution in [2.45, 2.75) is 117 Å². The van der Waals surface area contributed by atoms with Crippen molar-refractivity contribution in [3.8, 4) is 0 Å². The molecular formula is C20H43ClO. The highest BCUT2D eigenvalue weighted by atomic mass is 35.5. The van der Waals surface area contributed by atoms with Crippen LogP contribution in [-0.2, 0) is 0 Å². The van der Waals surface area contributed by atoms with Crippen LogP contribution in [0.4, 0.5) is 0 Å². The molecule has 2 unspecified atom stereocenters. The fraction of sp³-hybridized carbons (Fsp3) is 1.00. The second-order valence-electron chi connectivity index (χ2n) is 8.19. The minimum absolute atomic E-state index is 0.0505. The van der Waals surface area contributed by atoms with E-state index in [0.29, 0.717) is 0 Å². The summed E-state index contributed by atoms with van der Waals surface area (Å²) in [7, 11) is 0. The number of aliphatic hydroxyl groups is 1. The van der Waals surface area contributed by atoms with Gasteiger partial charge in [0.25, 0.3) is 0 Å². The van der Waals surface area contributed by atoms with E-state index < -0.39 is 5.60 Å². The minimum Gasteiger partial charge on any atom is -0.390 e. The molecule has 0 saturated heterocycles. The first-order valence-corrected chi connectivity index (χ1v) is 9.74. The molecule has 0 aliphatic heterocycles. The SMILES string of the molecule is CCC(C)(Cl)CCCC(C)C.CCC(C)(O)CCCC(C)C. The lowest BCUT2D eigenvalue weighted by Crippen LogP contribution is -2.22. The summed E-state index contributed by atoms with van der Waals surface area (Å²) in [6.45, 7) is 17.2. The Bertz CT molecular complexity index is 218. The predicted octanol–water partition coefficient (Wildman–Crippen LogP) is 7.19. The minimum atomic E-state index is -0.422. The van der Waals surface area contributed by atoms with E-state index in [9.17, 15) is 5.11 Å². The van der Waals surface area contributed by atoms with Gasteiger partial charge in [-0.1, -0.05) is 67.2 Å². The molecule has 0 amide bonds. The molecule has 2 atom stereocenters. The molecule has 0 radical (unpaired) electrons. The van der Waals surface area contributed by atoms with Gasteiger partial charge in [-0.15, -0.1) is 11.6 Å². The molecule has 1 N–H and O–H groups in total. The van der Waals surface area contributed by atoms with Crippen molar-refractivity contribution in [2.75, 3.05) is 0 Å². The van der Waals surface area contributed by atoms with Crippen LogP contribution in [0, 0.1) is 11.8 Å². The molecule has 0 bridgehead atoms. The van der Waals surface area contributed by atoms with Crippen molar-refractivity contribution in [3.63, 3.8) is 0 Å². The molecule has 22 heavy (non-hydrogen) atoms. The van der Waals surface area contributed by atoms with Gasteiger partial charge in [-0.2, -0.15) is 0 Å². The topological polar surface area (TPSA) is 20.2 Å². The van der Waals surface area contributed by atoms with Gasteiger partial charge >= 0.3 is 0 Å². The van der Waals surface area contributed by atoms with E-state index in [4.69, 9.17) is 11.6 Å². The summed E-state index contributed by atoms with van der Waals surface area (Å²) in [5, 5.41) is 9.64. The number of hydrogen-bond donors (Lipinski definition) is 1. The predicted molar refractivity (Wildman–Crippen MR) is 103 cm³/mol. The summed E-state index contributed by atoms with van der Waals surface area (Å²) in [4.78, 5) is 0.0505. The summed E-state index contributed by atoms with van der Waals surface area (Å²) in [6, 6.07) is 0. The normalized spacial score (nSPS) is 16.9. The van der Waals surface area contributed by atoms with Crippen LogP contribution in [0.1, 0.15) is 107 Å². The Labute approximate surface area is 146 Å². The summed E-state index contributed by atoms with van der Waals surface area (Å²) >= 11 is 6.20. The summed E-state index contributed by atoms with van der Waals surface area (Å²) in [5.41, 5.74) is -0.422. The van der Waals surface area contributed by atoms with Crippen LogP contribution in [0.5, 0.6) is 0 Å². The van der Waals surface area contributed by atoms with Crippen LogP contribution in [0.2, 0.25) is 0 Å². The maximum absolute atomic E-state index is 9.64. The Morgan fingerprint density at radius 2 is 1.23 bits per heavy atom. The Balaban J connectivity index is 0. The van der Waals surface area contributed by atoms with E-state index in [0.717, 1.165) is 43.9 Å². The number of hydrogen-bond acceptors (Lipinski definition) is 1. The van der Waals surface area contributed by atoms with Gasteiger partial charge in [-0.3, -0.25) is 0 Å². The van der Waals surface area contributed by atoms with Crippen LogP contribution in [-0.4, -0.2) is 15.6 Å². The highest BCUT2D eigenvalue weighted by Crippen LogP contribution is 2.26. The first-order valence-electron chi connectivity index (χ1n) is 9.37. The van der Waals surface area contributed by atoms with Gasteiger partial charge in [0.15, 0.2) is 0 Å². The molecule has 136 valence electrons. The molecule has 1 nitrogen and oxygen atoms in total. The van der Waals surface area contributed by atoms with E-state index in [2.05, 4.69) is 41.5 Å². The summed E-state index contributed by atoms with van der Waals surface area (Å²) < 4.78 is 0. The van der Waals surface area contributed by atoms with Crippen molar-refractivity contribution < 1.29 is 5.11 Å². The van der Waals surface area contributed by atoms with E-state index in [1.807, 2.05) is 13.8 Å². The van der Waals surface area contributed by atoms with Gasteiger partial charge < -0.3 is 5.11 Å². The van der Waals surface area contributed by atoms with Crippen molar-refractivity contribution in [1.29, 1.82) is 0 Å². The van der Waals surface area contributed by atoms with Crippen LogP contribution in [0.15, 0.2) is 0 Å². The number of rotatable bonds is 10. The monoisotopic (exact) mass is 334 g/mol. The zero-order chi connectivity index (χ0) is 17.8. The largest absolute Gasteiger partial charge is 0.390 e. The Hall–Kier alpha value is 0.250. The maximum Gasteiger partial charge on any atom is 0.0617 e. The van der Waals surface area contributed by atoms with Crippen LogP contribution in [0.25, 0.3) is 0 Å². The van der Waals surface area contributed by atoms with Gasteiger partial charge in [-0.25, -0.2) is 0 Å². The Morgan fingerprint density at radius 3 is 1.55 bits per heavy atom. The second-order valence-corrected chi connectivity index (χ2v) is 9.10. The van der Waals surface area contributed by atoms with E-state index in [1.54, 1.807) is 0 Å². The first-order chi connectivity index (χ1) is 9.95.